The minimum absolute atomic E-state index is 0.657. The van der Waals surface area contributed by atoms with Crippen LogP contribution in [0.1, 0.15) is 39.5 Å². The van der Waals surface area contributed by atoms with Crippen molar-refractivity contribution in [2.45, 2.75) is 51.6 Å². The molecule has 0 bridgehead atoms. The molecule has 1 saturated carbocycles. The maximum atomic E-state index is 5.84. The van der Waals surface area contributed by atoms with Crippen LogP contribution in [0.3, 0.4) is 0 Å². The third kappa shape index (κ3) is 4.23. The summed E-state index contributed by atoms with van der Waals surface area (Å²) >= 11 is 0. The molecule has 100 valence electrons. The van der Waals surface area contributed by atoms with Gasteiger partial charge in [0.1, 0.15) is 0 Å². The quantitative estimate of drug-likeness (QED) is 0.706. The highest BCUT2D eigenvalue weighted by Gasteiger charge is 2.34. The predicted molar refractivity (Wildman–Crippen MR) is 73.0 cm³/mol. The Labute approximate surface area is 106 Å². The molecule has 0 spiro atoms. The lowest BCUT2D eigenvalue weighted by atomic mass is 9.97. The summed E-state index contributed by atoms with van der Waals surface area (Å²) in [4.78, 5) is 2.66. The third-order valence-corrected chi connectivity index (χ3v) is 4.12. The van der Waals surface area contributed by atoms with Gasteiger partial charge in [-0.1, -0.05) is 13.8 Å². The number of nitrogens with one attached hydrogen (secondary N) is 1. The van der Waals surface area contributed by atoms with E-state index in [-0.39, 0.29) is 0 Å². The van der Waals surface area contributed by atoms with Crippen LogP contribution < -0.4 is 11.1 Å². The zero-order chi connectivity index (χ0) is 12.3. The summed E-state index contributed by atoms with van der Waals surface area (Å²) in [5.74, 6) is 1.42. The molecule has 0 radical (unpaired) electrons. The fourth-order valence-corrected chi connectivity index (χ4v) is 2.99. The van der Waals surface area contributed by atoms with Crippen LogP contribution in [-0.2, 0) is 0 Å². The number of hydrogen-bond donors (Lipinski definition) is 2. The zero-order valence-electron chi connectivity index (χ0n) is 11.5. The molecule has 3 N–H and O–H groups in total. The Balaban J connectivity index is 1.63. The summed E-state index contributed by atoms with van der Waals surface area (Å²) in [6, 6.07) is 1.65. The molecule has 2 rings (SSSR count). The van der Waals surface area contributed by atoms with Gasteiger partial charge >= 0.3 is 0 Å². The molecule has 1 saturated heterocycles. The highest BCUT2D eigenvalue weighted by molar-refractivity contribution is 4.92. The van der Waals surface area contributed by atoms with Crippen molar-refractivity contribution in [2.75, 3.05) is 26.2 Å². The van der Waals surface area contributed by atoms with Gasteiger partial charge in [-0.2, -0.15) is 0 Å². The molecule has 0 amide bonds. The summed E-state index contributed by atoms with van der Waals surface area (Å²) in [6.45, 7) is 9.08. The SMILES string of the molecule is CC(C)CC(CN)CNC1CCN(C2CC2)C1. The topological polar surface area (TPSA) is 41.3 Å². The van der Waals surface area contributed by atoms with Gasteiger partial charge in [-0.25, -0.2) is 0 Å². The maximum absolute atomic E-state index is 5.84. The molecule has 2 atom stereocenters. The van der Waals surface area contributed by atoms with E-state index in [0.29, 0.717) is 5.92 Å². The molecule has 3 nitrogen and oxygen atoms in total. The van der Waals surface area contributed by atoms with E-state index in [4.69, 9.17) is 5.73 Å². The van der Waals surface area contributed by atoms with Gasteiger partial charge in [-0.15, -0.1) is 0 Å². The standard InChI is InChI=1S/C14H29N3/c1-11(2)7-12(8-15)9-16-13-5-6-17(10-13)14-3-4-14/h11-14,16H,3-10,15H2,1-2H3. The van der Waals surface area contributed by atoms with Gasteiger partial charge in [0.2, 0.25) is 0 Å². The largest absolute Gasteiger partial charge is 0.330 e. The average molecular weight is 239 g/mol. The van der Waals surface area contributed by atoms with Crippen LogP contribution >= 0.6 is 0 Å². The van der Waals surface area contributed by atoms with Crippen LogP contribution in [0, 0.1) is 11.8 Å². The van der Waals surface area contributed by atoms with Gasteiger partial charge in [-0.3, -0.25) is 4.90 Å². The number of rotatable bonds is 7. The van der Waals surface area contributed by atoms with Gasteiger partial charge in [0.05, 0.1) is 0 Å². The van der Waals surface area contributed by atoms with E-state index >= 15 is 0 Å². The number of likely N-dealkylation sites (tertiary alicyclic amines) is 1. The molecule has 1 aliphatic heterocycles. The van der Waals surface area contributed by atoms with E-state index < -0.39 is 0 Å². The molecule has 3 heteroatoms. The van der Waals surface area contributed by atoms with Gasteiger partial charge < -0.3 is 11.1 Å². The second kappa shape index (κ2) is 6.17. The molecule has 1 heterocycles. The Morgan fingerprint density at radius 1 is 1.29 bits per heavy atom. The normalized spacial score (nSPS) is 27.9. The van der Waals surface area contributed by atoms with Gasteiger partial charge in [0.15, 0.2) is 0 Å². The van der Waals surface area contributed by atoms with E-state index in [1.165, 1.54) is 38.8 Å². The summed E-state index contributed by atoms with van der Waals surface area (Å²) < 4.78 is 0. The summed E-state index contributed by atoms with van der Waals surface area (Å²) in [7, 11) is 0. The molecular weight excluding hydrogens is 210 g/mol. The van der Waals surface area contributed by atoms with Gasteiger partial charge in [0, 0.05) is 25.2 Å². The monoisotopic (exact) mass is 239 g/mol. The Bertz CT molecular complexity index is 226. The summed E-state index contributed by atoms with van der Waals surface area (Å²) in [5.41, 5.74) is 5.84. The second-order valence-electron chi connectivity index (χ2n) is 6.35. The number of nitrogens with zero attached hydrogens (tertiary/aromatic N) is 1. The lowest BCUT2D eigenvalue weighted by molar-refractivity contribution is 0.310. The molecule has 2 unspecified atom stereocenters. The minimum Gasteiger partial charge on any atom is -0.330 e. The summed E-state index contributed by atoms with van der Waals surface area (Å²) in [5, 5.41) is 3.73. The van der Waals surface area contributed by atoms with Crippen molar-refractivity contribution in [3.63, 3.8) is 0 Å². The second-order valence-corrected chi connectivity index (χ2v) is 6.35. The van der Waals surface area contributed by atoms with E-state index in [2.05, 4.69) is 24.1 Å². The highest BCUT2D eigenvalue weighted by atomic mass is 15.2. The third-order valence-electron chi connectivity index (χ3n) is 4.12. The van der Waals surface area contributed by atoms with Crippen molar-refractivity contribution in [1.29, 1.82) is 0 Å². The van der Waals surface area contributed by atoms with Crippen molar-refractivity contribution >= 4 is 0 Å². The number of hydrogen-bond acceptors (Lipinski definition) is 3. The predicted octanol–water partition coefficient (Wildman–Crippen LogP) is 1.43. The molecular formula is C14H29N3. The van der Waals surface area contributed by atoms with Crippen LogP contribution in [0.5, 0.6) is 0 Å². The molecule has 0 aromatic heterocycles. The fraction of sp³-hybridized carbons (Fsp3) is 1.00. The number of nitrogens with two attached hydrogens (primary N) is 1. The fourth-order valence-electron chi connectivity index (χ4n) is 2.99. The van der Waals surface area contributed by atoms with Crippen molar-refractivity contribution in [3.8, 4) is 0 Å². The van der Waals surface area contributed by atoms with E-state index in [1.807, 2.05) is 0 Å². The first-order valence-corrected chi connectivity index (χ1v) is 7.36. The van der Waals surface area contributed by atoms with Gasteiger partial charge in [0.25, 0.3) is 0 Å². The zero-order valence-corrected chi connectivity index (χ0v) is 11.5. The van der Waals surface area contributed by atoms with E-state index in [0.717, 1.165) is 31.1 Å². The Morgan fingerprint density at radius 3 is 2.65 bits per heavy atom. The molecule has 2 aliphatic rings. The minimum atomic E-state index is 0.657. The van der Waals surface area contributed by atoms with Crippen LogP contribution in [0.25, 0.3) is 0 Å². The van der Waals surface area contributed by atoms with Crippen LogP contribution in [0.4, 0.5) is 0 Å². The van der Waals surface area contributed by atoms with Crippen molar-refractivity contribution in [1.82, 2.24) is 10.2 Å². The van der Waals surface area contributed by atoms with Crippen molar-refractivity contribution in [3.05, 3.63) is 0 Å². The van der Waals surface area contributed by atoms with Crippen LogP contribution in [0.2, 0.25) is 0 Å². The highest BCUT2D eigenvalue weighted by Crippen LogP contribution is 2.29. The first-order valence-electron chi connectivity index (χ1n) is 7.36. The molecule has 2 fully saturated rings. The molecule has 1 aliphatic carbocycles. The van der Waals surface area contributed by atoms with E-state index in [1.54, 1.807) is 0 Å². The Hall–Kier alpha value is -0.120. The molecule has 0 aromatic carbocycles. The van der Waals surface area contributed by atoms with Crippen LogP contribution in [0.15, 0.2) is 0 Å². The maximum Gasteiger partial charge on any atom is 0.0207 e. The van der Waals surface area contributed by atoms with Crippen molar-refractivity contribution < 1.29 is 0 Å². The van der Waals surface area contributed by atoms with E-state index in [9.17, 15) is 0 Å². The smallest absolute Gasteiger partial charge is 0.0207 e. The van der Waals surface area contributed by atoms with Gasteiger partial charge in [-0.05, 0) is 50.6 Å². The Kier molecular flexibility index (Phi) is 4.83. The Morgan fingerprint density at radius 2 is 2.06 bits per heavy atom. The average Bonchev–Trinajstić information content (AvgIpc) is 3.04. The summed E-state index contributed by atoms with van der Waals surface area (Å²) in [6.07, 6.45) is 5.45. The van der Waals surface area contributed by atoms with Crippen molar-refractivity contribution in [2.24, 2.45) is 17.6 Å². The lowest BCUT2D eigenvalue weighted by Crippen LogP contribution is -2.38. The first kappa shape index (κ1) is 13.3. The molecule has 0 aromatic rings. The van der Waals surface area contributed by atoms with Crippen LogP contribution in [-0.4, -0.2) is 43.2 Å². The lowest BCUT2D eigenvalue weighted by Gasteiger charge is -2.21. The molecule has 17 heavy (non-hydrogen) atoms. The first-order chi connectivity index (χ1) is 8.19.